The van der Waals surface area contributed by atoms with E-state index in [1.165, 1.54) is 12.8 Å². The van der Waals surface area contributed by atoms with Crippen LogP contribution in [0.15, 0.2) is 24.3 Å². The van der Waals surface area contributed by atoms with Gasteiger partial charge in [0.2, 0.25) is 0 Å². The molecule has 1 rings (SSSR count). The van der Waals surface area contributed by atoms with Crippen LogP contribution < -0.4 is 10.5 Å². The molecule has 0 aliphatic heterocycles. The van der Waals surface area contributed by atoms with E-state index in [0.717, 1.165) is 37.4 Å². The lowest BCUT2D eigenvalue weighted by Gasteiger charge is -2.13. The molecule has 3 nitrogen and oxygen atoms in total. The van der Waals surface area contributed by atoms with Gasteiger partial charge in [-0.3, -0.25) is 0 Å². The first kappa shape index (κ1) is 16.0. The van der Waals surface area contributed by atoms with Crippen LogP contribution in [0.4, 0.5) is 0 Å². The van der Waals surface area contributed by atoms with Gasteiger partial charge < -0.3 is 15.2 Å². The van der Waals surface area contributed by atoms with Crippen LogP contribution in [-0.2, 0) is 4.74 Å². The molecule has 19 heavy (non-hydrogen) atoms. The van der Waals surface area contributed by atoms with Gasteiger partial charge in [0.05, 0.1) is 19.3 Å². The topological polar surface area (TPSA) is 44.5 Å². The van der Waals surface area contributed by atoms with Crippen molar-refractivity contribution in [3.05, 3.63) is 29.8 Å². The average Bonchev–Trinajstić information content (AvgIpc) is 2.45. The Bertz CT molecular complexity index is 324. The lowest BCUT2D eigenvalue weighted by atomic mass is 10.1. The number of ether oxygens (including phenoxy) is 2. The standard InChI is InChI=1S/C16H27NO2/c1-3-5-6-12-18-13-16(17)14-7-9-15(10-8-14)19-11-4-2/h7-10,16H,3-6,11-13,17H2,1-2H3. The van der Waals surface area contributed by atoms with Crippen molar-refractivity contribution < 1.29 is 9.47 Å². The lowest BCUT2D eigenvalue weighted by Crippen LogP contribution is -2.17. The fourth-order valence-corrected chi connectivity index (χ4v) is 1.79. The summed E-state index contributed by atoms with van der Waals surface area (Å²) in [5.41, 5.74) is 7.19. The highest BCUT2D eigenvalue weighted by molar-refractivity contribution is 5.29. The third-order valence-corrected chi connectivity index (χ3v) is 2.97. The van der Waals surface area contributed by atoms with Crippen LogP contribution in [0.3, 0.4) is 0 Å². The van der Waals surface area contributed by atoms with Crippen LogP contribution in [0.25, 0.3) is 0 Å². The molecule has 0 heterocycles. The minimum Gasteiger partial charge on any atom is -0.494 e. The van der Waals surface area contributed by atoms with Crippen molar-refractivity contribution in [2.24, 2.45) is 5.73 Å². The summed E-state index contributed by atoms with van der Waals surface area (Å²) < 4.78 is 11.1. The Labute approximate surface area is 117 Å². The van der Waals surface area contributed by atoms with Gasteiger partial charge in [-0.2, -0.15) is 0 Å². The third kappa shape index (κ3) is 6.60. The van der Waals surface area contributed by atoms with Crippen molar-refractivity contribution in [2.75, 3.05) is 19.8 Å². The predicted molar refractivity (Wildman–Crippen MR) is 79.5 cm³/mol. The van der Waals surface area contributed by atoms with E-state index in [1.807, 2.05) is 24.3 Å². The molecule has 0 aliphatic carbocycles. The van der Waals surface area contributed by atoms with Crippen LogP contribution in [-0.4, -0.2) is 19.8 Å². The second-order valence-corrected chi connectivity index (χ2v) is 4.81. The van der Waals surface area contributed by atoms with Crippen LogP contribution in [0, 0.1) is 0 Å². The van der Waals surface area contributed by atoms with E-state index >= 15 is 0 Å². The van der Waals surface area contributed by atoms with E-state index in [4.69, 9.17) is 15.2 Å². The Hall–Kier alpha value is -1.06. The molecule has 0 aliphatic rings. The van der Waals surface area contributed by atoms with E-state index < -0.39 is 0 Å². The Morgan fingerprint density at radius 1 is 1.00 bits per heavy atom. The SMILES string of the molecule is CCCCCOCC(N)c1ccc(OCCC)cc1. The zero-order valence-electron chi connectivity index (χ0n) is 12.2. The number of hydrogen-bond donors (Lipinski definition) is 1. The second kappa shape index (κ2) is 9.82. The predicted octanol–water partition coefficient (Wildman–Crippen LogP) is 3.68. The molecular formula is C16H27NO2. The molecule has 0 saturated heterocycles. The van der Waals surface area contributed by atoms with Crippen LogP contribution in [0.2, 0.25) is 0 Å². The van der Waals surface area contributed by atoms with Gasteiger partial charge in [-0.25, -0.2) is 0 Å². The molecule has 3 heteroatoms. The summed E-state index contributed by atoms with van der Waals surface area (Å²) in [5.74, 6) is 0.904. The third-order valence-electron chi connectivity index (χ3n) is 2.97. The highest BCUT2D eigenvalue weighted by atomic mass is 16.5. The lowest BCUT2D eigenvalue weighted by molar-refractivity contribution is 0.117. The van der Waals surface area contributed by atoms with Gasteiger partial charge in [0, 0.05) is 6.61 Å². The smallest absolute Gasteiger partial charge is 0.119 e. The molecule has 0 fully saturated rings. The summed E-state index contributed by atoms with van der Waals surface area (Å²) in [6.45, 7) is 6.43. The fourth-order valence-electron chi connectivity index (χ4n) is 1.79. The van der Waals surface area contributed by atoms with E-state index in [1.54, 1.807) is 0 Å². The molecule has 2 N–H and O–H groups in total. The van der Waals surface area contributed by atoms with Crippen LogP contribution in [0.5, 0.6) is 5.75 Å². The van der Waals surface area contributed by atoms with Gasteiger partial charge in [0.25, 0.3) is 0 Å². The summed E-state index contributed by atoms with van der Waals surface area (Å²) in [6.07, 6.45) is 4.58. The molecule has 0 radical (unpaired) electrons. The Balaban J connectivity index is 2.29. The average molecular weight is 265 g/mol. The van der Waals surface area contributed by atoms with Gasteiger partial charge in [-0.1, -0.05) is 38.8 Å². The molecule has 1 atom stereocenters. The highest BCUT2D eigenvalue weighted by Gasteiger charge is 2.06. The summed E-state index contributed by atoms with van der Waals surface area (Å²) in [7, 11) is 0. The molecule has 0 spiro atoms. The van der Waals surface area contributed by atoms with Crippen molar-refractivity contribution >= 4 is 0 Å². The van der Waals surface area contributed by atoms with Crippen LogP contribution >= 0.6 is 0 Å². The van der Waals surface area contributed by atoms with Crippen molar-refractivity contribution in [1.29, 1.82) is 0 Å². The monoisotopic (exact) mass is 265 g/mol. The van der Waals surface area contributed by atoms with Crippen LogP contribution in [0.1, 0.15) is 51.1 Å². The molecule has 0 amide bonds. The minimum absolute atomic E-state index is 0.0538. The molecule has 0 aromatic heterocycles. The molecule has 108 valence electrons. The molecule has 0 saturated carbocycles. The summed E-state index contributed by atoms with van der Waals surface area (Å²) in [6, 6.07) is 7.93. The summed E-state index contributed by atoms with van der Waals surface area (Å²) in [5, 5.41) is 0. The first-order chi connectivity index (χ1) is 9.27. The zero-order valence-corrected chi connectivity index (χ0v) is 12.2. The minimum atomic E-state index is -0.0538. The number of hydrogen-bond acceptors (Lipinski definition) is 3. The van der Waals surface area contributed by atoms with Crippen molar-refractivity contribution in [2.45, 2.75) is 45.6 Å². The molecule has 0 bridgehead atoms. The van der Waals surface area contributed by atoms with E-state index in [-0.39, 0.29) is 6.04 Å². The van der Waals surface area contributed by atoms with Gasteiger partial charge in [0.1, 0.15) is 5.75 Å². The van der Waals surface area contributed by atoms with Gasteiger partial charge in [-0.15, -0.1) is 0 Å². The summed E-state index contributed by atoms with van der Waals surface area (Å²) >= 11 is 0. The first-order valence-corrected chi connectivity index (χ1v) is 7.34. The number of rotatable bonds is 10. The zero-order chi connectivity index (χ0) is 13.9. The molecule has 1 aromatic carbocycles. The molecular weight excluding hydrogens is 238 g/mol. The highest BCUT2D eigenvalue weighted by Crippen LogP contribution is 2.17. The van der Waals surface area contributed by atoms with Crippen molar-refractivity contribution in [3.63, 3.8) is 0 Å². The maximum Gasteiger partial charge on any atom is 0.119 e. The van der Waals surface area contributed by atoms with E-state index in [9.17, 15) is 0 Å². The van der Waals surface area contributed by atoms with Gasteiger partial charge in [-0.05, 0) is 30.5 Å². The summed E-state index contributed by atoms with van der Waals surface area (Å²) in [4.78, 5) is 0. The van der Waals surface area contributed by atoms with E-state index in [2.05, 4.69) is 13.8 Å². The number of benzene rings is 1. The quantitative estimate of drug-likeness (QED) is 0.656. The largest absolute Gasteiger partial charge is 0.494 e. The molecule has 1 aromatic rings. The fraction of sp³-hybridized carbons (Fsp3) is 0.625. The maximum absolute atomic E-state index is 6.09. The number of nitrogens with two attached hydrogens (primary N) is 1. The van der Waals surface area contributed by atoms with Gasteiger partial charge in [0.15, 0.2) is 0 Å². The van der Waals surface area contributed by atoms with Gasteiger partial charge >= 0.3 is 0 Å². The number of unbranched alkanes of at least 4 members (excludes halogenated alkanes) is 2. The molecule has 1 unspecified atom stereocenters. The Morgan fingerprint density at radius 2 is 1.74 bits per heavy atom. The second-order valence-electron chi connectivity index (χ2n) is 4.81. The van der Waals surface area contributed by atoms with E-state index in [0.29, 0.717) is 6.61 Å². The normalized spacial score (nSPS) is 12.4. The Kier molecular flexibility index (Phi) is 8.26. The van der Waals surface area contributed by atoms with Crippen molar-refractivity contribution in [1.82, 2.24) is 0 Å². The first-order valence-electron chi connectivity index (χ1n) is 7.34. The van der Waals surface area contributed by atoms with Crippen molar-refractivity contribution in [3.8, 4) is 5.75 Å². The maximum atomic E-state index is 6.09. The Morgan fingerprint density at radius 3 is 2.37 bits per heavy atom.